The standard InChI is InChI=1S/C18H26N2O3S/c1-3-16(24-15-8-6-5-7-9-15)18(23)19-13-10-14(11-13)20(4-2)12-17(21)22/h5-9,13-14,16H,3-4,10-12H2,1-2H3,(H,19,23)(H,21,22). The van der Waals surface area contributed by atoms with Crippen molar-refractivity contribution in [1.82, 2.24) is 10.2 Å². The van der Waals surface area contributed by atoms with Crippen molar-refractivity contribution in [1.29, 1.82) is 0 Å². The number of carbonyl (C=O) groups excluding carboxylic acids is 1. The third kappa shape index (κ3) is 5.24. The Morgan fingerprint density at radius 2 is 1.96 bits per heavy atom. The molecule has 1 aromatic rings. The average molecular weight is 350 g/mol. The number of thioether (sulfide) groups is 1. The first-order valence-electron chi connectivity index (χ1n) is 8.51. The predicted molar refractivity (Wildman–Crippen MR) is 96.2 cm³/mol. The van der Waals surface area contributed by atoms with Crippen LogP contribution >= 0.6 is 11.8 Å². The Balaban J connectivity index is 1.79. The molecule has 2 rings (SSSR count). The maximum Gasteiger partial charge on any atom is 0.317 e. The zero-order valence-electron chi connectivity index (χ0n) is 14.3. The molecule has 1 unspecified atom stereocenters. The number of hydrogen-bond acceptors (Lipinski definition) is 4. The van der Waals surface area contributed by atoms with E-state index < -0.39 is 5.97 Å². The van der Waals surface area contributed by atoms with Gasteiger partial charge in [0.2, 0.25) is 5.91 Å². The topological polar surface area (TPSA) is 69.6 Å². The lowest BCUT2D eigenvalue weighted by Crippen LogP contribution is -2.55. The van der Waals surface area contributed by atoms with E-state index in [1.165, 1.54) is 0 Å². The molecule has 0 bridgehead atoms. The normalized spacial score (nSPS) is 21.1. The molecule has 1 aliphatic carbocycles. The van der Waals surface area contributed by atoms with Crippen LogP contribution in [0, 0.1) is 0 Å². The van der Waals surface area contributed by atoms with Crippen molar-refractivity contribution < 1.29 is 14.7 Å². The number of rotatable bonds is 9. The van der Waals surface area contributed by atoms with Crippen LogP contribution in [0.4, 0.5) is 0 Å². The van der Waals surface area contributed by atoms with E-state index in [2.05, 4.69) is 5.32 Å². The van der Waals surface area contributed by atoms with Gasteiger partial charge in [-0.15, -0.1) is 11.8 Å². The van der Waals surface area contributed by atoms with Crippen LogP contribution in [0.3, 0.4) is 0 Å². The molecule has 0 radical (unpaired) electrons. The number of hydrogen-bond donors (Lipinski definition) is 2. The molecule has 1 aromatic carbocycles. The van der Waals surface area contributed by atoms with Gasteiger partial charge in [-0.25, -0.2) is 0 Å². The number of carboxylic acids is 1. The maximum absolute atomic E-state index is 12.5. The van der Waals surface area contributed by atoms with E-state index in [1.54, 1.807) is 11.8 Å². The highest BCUT2D eigenvalue weighted by Crippen LogP contribution is 2.28. The molecule has 1 aliphatic rings. The van der Waals surface area contributed by atoms with E-state index >= 15 is 0 Å². The Morgan fingerprint density at radius 3 is 2.50 bits per heavy atom. The van der Waals surface area contributed by atoms with Crippen molar-refractivity contribution in [3.63, 3.8) is 0 Å². The van der Waals surface area contributed by atoms with Gasteiger partial charge in [0.1, 0.15) is 0 Å². The number of carbonyl (C=O) groups is 2. The lowest BCUT2D eigenvalue weighted by molar-refractivity contribution is -0.139. The SMILES string of the molecule is CCC(Sc1ccccc1)C(=O)NC1CC(N(CC)CC(=O)O)C1. The number of carboxylic acid groups (broad SMARTS) is 1. The van der Waals surface area contributed by atoms with Gasteiger partial charge in [-0.2, -0.15) is 0 Å². The highest BCUT2D eigenvalue weighted by Gasteiger charge is 2.35. The molecule has 0 aromatic heterocycles. The highest BCUT2D eigenvalue weighted by atomic mass is 32.2. The second-order valence-electron chi connectivity index (χ2n) is 6.12. The van der Waals surface area contributed by atoms with Gasteiger partial charge in [-0.1, -0.05) is 32.0 Å². The van der Waals surface area contributed by atoms with Crippen LogP contribution in [0.1, 0.15) is 33.1 Å². The minimum atomic E-state index is -0.797. The second-order valence-corrected chi connectivity index (χ2v) is 7.39. The number of likely N-dealkylation sites (N-methyl/N-ethyl adjacent to an activating group) is 1. The van der Waals surface area contributed by atoms with Gasteiger partial charge in [0.25, 0.3) is 0 Å². The molecule has 1 atom stereocenters. The summed E-state index contributed by atoms with van der Waals surface area (Å²) in [6, 6.07) is 10.4. The van der Waals surface area contributed by atoms with Crippen LogP contribution in [0.15, 0.2) is 35.2 Å². The summed E-state index contributed by atoms with van der Waals surface area (Å²) in [7, 11) is 0. The fraction of sp³-hybridized carbons (Fsp3) is 0.556. The molecule has 0 saturated heterocycles. The minimum absolute atomic E-state index is 0.0727. The van der Waals surface area contributed by atoms with Crippen LogP contribution in [-0.4, -0.2) is 52.3 Å². The molecule has 2 N–H and O–H groups in total. The molecular formula is C18H26N2O3S. The van der Waals surface area contributed by atoms with E-state index in [-0.39, 0.29) is 29.8 Å². The highest BCUT2D eigenvalue weighted by molar-refractivity contribution is 8.00. The molecule has 5 nitrogen and oxygen atoms in total. The minimum Gasteiger partial charge on any atom is -0.480 e. The monoisotopic (exact) mass is 350 g/mol. The van der Waals surface area contributed by atoms with Gasteiger partial charge < -0.3 is 10.4 Å². The molecule has 1 fully saturated rings. The van der Waals surface area contributed by atoms with Crippen LogP contribution in [0.5, 0.6) is 0 Å². The van der Waals surface area contributed by atoms with Gasteiger partial charge in [0.15, 0.2) is 0 Å². The van der Waals surface area contributed by atoms with Crippen molar-refractivity contribution >= 4 is 23.6 Å². The van der Waals surface area contributed by atoms with Crippen molar-refractivity contribution in [3.8, 4) is 0 Å². The third-order valence-corrected chi connectivity index (χ3v) is 5.78. The Labute approximate surface area is 147 Å². The quantitative estimate of drug-likeness (QED) is 0.670. The number of benzene rings is 1. The van der Waals surface area contributed by atoms with Gasteiger partial charge >= 0.3 is 5.97 Å². The van der Waals surface area contributed by atoms with Crippen molar-refractivity contribution in [2.75, 3.05) is 13.1 Å². The first-order valence-corrected chi connectivity index (χ1v) is 9.39. The molecule has 1 amide bonds. The first kappa shape index (κ1) is 18.8. The fourth-order valence-corrected chi connectivity index (χ4v) is 3.94. The van der Waals surface area contributed by atoms with Gasteiger partial charge in [0.05, 0.1) is 11.8 Å². The molecule has 6 heteroatoms. The molecule has 24 heavy (non-hydrogen) atoms. The number of aliphatic carboxylic acids is 1. The van der Waals surface area contributed by atoms with Gasteiger partial charge in [-0.3, -0.25) is 14.5 Å². The lowest BCUT2D eigenvalue weighted by atomic mass is 9.85. The summed E-state index contributed by atoms with van der Waals surface area (Å²) < 4.78 is 0. The number of nitrogens with zero attached hydrogens (tertiary/aromatic N) is 1. The van der Waals surface area contributed by atoms with E-state index in [4.69, 9.17) is 5.11 Å². The van der Waals surface area contributed by atoms with Crippen LogP contribution in [-0.2, 0) is 9.59 Å². The van der Waals surface area contributed by atoms with E-state index in [0.717, 1.165) is 30.7 Å². The Kier molecular flexibility index (Phi) is 7.12. The number of nitrogens with one attached hydrogen (secondary N) is 1. The van der Waals surface area contributed by atoms with Crippen molar-refractivity contribution in [3.05, 3.63) is 30.3 Å². The Bertz CT molecular complexity index is 546. The Hall–Kier alpha value is -1.53. The summed E-state index contributed by atoms with van der Waals surface area (Å²) in [5.74, 6) is -0.717. The summed E-state index contributed by atoms with van der Waals surface area (Å²) in [6.07, 6.45) is 2.44. The van der Waals surface area contributed by atoms with Gasteiger partial charge in [-0.05, 0) is 37.9 Å². The van der Waals surface area contributed by atoms with Crippen LogP contribution in [0.2, 0.25) is 0 Å². The van der Waals surface area contributed by atoms with E-state index in [0.29, 0.717) is 0 Å². The smallest absolute Gasteiger partial charge is 0.317 e. The summed E-state index contributed by atoms with van der Waals surface area (Å²) >= 11 is 1.59. The number of amides is 1. The largest absolute Gasteiger partial charge is 0.480 e. The molecule has 0 aliphatic heterocycles. The molecule has 1 saturated carbocycles. The van der Waals surface area contributed by atoms with Crippen molar-refractivity contribution in [2.24, 2.45) is 0 Å². The fourth-order valence-electron chi connectivity index (χ4n) is 2.96. The molecular weight excluding hydrogens is 324 g/mol. The predicted octanol–water partition coefficient (Wildman–Crippen LogP) is 2.61. The van der Waals surface area contributed by atoms with E-state index in [1.807, 2.05) is 49.1 Å². The molecule has 132 valence electrons. The van der Waals surface area contributed by atoms with Gasteiger partial charge in [0, 0.05) is 17.0 Å². The van der Waals surface area contributed by atoms with Crippen LogP contribution in [0.25, 0.3) is 0 Å². The molecule has 0 heterocycles. The zero-order chi connectivity index (χ0) is 17.5. The third-order valence-electron chi connectivity index (χ3n) is 4.41. The summed E-state index contributed by atoms with van der Waals surface area (Å²) in [5, 5.41) is 12.0. The van der Waals surface area contributed by atoms with Crippen molar-refractivity contribution in [2.45, 2.75) is 55.3 Å². The van der Waals surface area contributed by atoms with E-state index in [9.17, 15) is 9.59 Å². The second kappa shape index (κ2) is 9.08. The summed E-state index contributed by atoms with van der Waals surface area (Å²) in [5.41, 5.74) is 0. The first-order chi connectivity index (χ1) is 11.5. The molecule has 0 spiro atoms. The lowest BCUT2D eigenvalue weighted by Gasteiger charge is -2.42. The Morgan fingerprint density at radius 1 is 1.29 bits per heavy atom. The average Bonchev–Trinajstić information content (AvgIpc) is 2.54. The maximum atomic E-state index is 12.5. The summed E-state index contributed by atoms with van der Waals surface area (Å²) in [6.45, 7) is 4.79. The van der Waals surface area contributed by atoms with Crippen LogP contribution < -0.4 is 5.32 Å². The summed E-state index contributed by atoms with van der Waals surface area (Å²) in [4.78, 5) is 26.4. The zero-order valence-corrected chi connectivity index (χ0v) is 15.1.